The van der Waals surface area contributed by atoms with Gasteiger partial charge in [-0.1, -0.05) is 56.7 Å². The molecule has 0 N–H and O–H groups in total. The van der Waals surface area contributed by atoms with Gasteiger partial charge in [0.25, 0.3) is 0 Å². The lowest BCUT2D eigenvalue weighted by Gasteiger charge is -2.14. The van der Waals surface area contributed by atoms with E-state index in [1.165, 1.54) is 43.2 Å². The molecule has 0 radical (unpaired) electrons. The Kier molecular flexibility index (Phi) is 7.11. The van der Waals surface area contributed by atoms with E-state index < -0.39 is 0 Å². The molecule has 1 aromatic rings. The SMILES string of the molecule is CCCCCCCC(Cl)c1cc(C)c(C)cc1Cl. The third kappa shape index (κ3) is 4.82. The first-order chi connectivity index (χ1) is 8.56. The fourth-order valence-corrected chi connectivity index (χ4v) is 2.87. The van der Waals surface area contributed by atoms with E-state index in [1.807, 2.05) is 6.07 Å². The predicted molar refractivity (Wildman–Crippen MR) is 82.9 cm³/mol. The molecule has 0 aromatic heterocycles. The Morgan fingerprint density at radius 3 is 2.28 bits per heavy atom. The fraction of sp³-hybridized carbons (Fsp3) is 0.625. The van der Waals surface area contributed by atoms with Gasteiger partial charge in [0.2, 0.25) is 0 Å². The molecule has 1 unspecified atom stereocenters. The van der Waals surface area contributed by atoms with E-state index in [0.717, 1.165) is 17.0 Å². The van der Waals surface area contributed by atoms with Crippen molar-refractivity contribution in [2.24, 2.45) is 0 Å². The lowest BCUT2D eigenvalue weighted by atomic mass is 10.0. The first kappa shape index (κ1) is 15.9. The van der Waals surface area contributed by atoms with Crippen LogP contribution >= 0.6 is 23.2 Å². The van der Waals surface area contributed by atoms with Gasteiger partial charge in [0.1, 0.15) is 0 Å². The quantitative estimate of drug-likeness (QED) is 0.391. The average Bonchev–Trinajstić information content (AvgIpc) is 2.33. The molecule has 0 aliphatic heterocycles. The molecule has 0 spiro atoms. The molecule has 0 aliphatic rings. The second-order valence-corrected chi connectivity index (χ2v) is 6.06. The van der Waals surface area contributed by atoms with Gasteiger partial charge in [0, 0.05) is 5.02 Å². The molecule has 18 heavy (non-hydrogen) atoms. The minimum atomic E-state index is 0.0541. The van der Waals surface area contributed by atoms with Crippen LogP contribution in [0.1, 0.15) is 67.5 Å². The molecule has 0 amide bonds. The smallest absolute Gasteiger partial charge is 0.0600 e. The van der Waals surface area contributed by atoms with E-state index in [9.17, 15) is 0 Å². The van der Waals surface area contributed by atoms with Crippen molar-refractivity contribution < 1.29 is 0 Å². The van der Waals surface area contributed by atoms with Crippen LogP contribution in [0.5, 0.6) is 0 Å². The van der Waals surface area contributed by atoms with Crippen LogP contribution in [-0.2, 0) is 0 Å². The monoisotopic (exact) mass is 286 g/mol. The largest absolute Gasteiger partial charge is 0.118 e. The molecule has 1 atom stereocenters. The summed E-state index contributed by atoms with van der Waals surface area (Å²) in [6.07, 6.45) is 7.43. The van der Waals surface area contributed by atoms with Crippen LogP contribution in [0, 0.1) is 13.8 Å². The maximum atomic E-state index is 6.46. The highest BCUT2D eigenvalue weighted by Gasteiger charge is 2.12. The molecule has 0 saturated carbocycles. The van der Waals surface area contributed by atoms with Crippen molar-refractivity contribution in [2.45, 2.75) is 64.7 Å². The molecule has 0 fully saturated rings. The number of hydrogen-bond donors (Lipinski definition) is 0. The Bertz CT molecular complexity index is 372. The van der Waals surface area contributed by atoms with Gasteiger partial charge in [-0.25, -0.2) is 0 Å². The van der Waals surface area contributed by atoms with Gasteiger partial charge in [-0.05, 0) is 43.0 Å². The second-order valence-electron chi connectivity index (χ2n) is 5.13. The Hall–Kier alpha value is -0.200. The van der Waals surface area contributed by atoms with Crippen LogP contribution in [-0.4, -0.2) is 0 Å². The zero-order valence-electron chi connectivity index (χ0n) is 11.7. The molecule has 0 aliphatic carbocycles. The third-order valence-corrected chi connectivity index (χ3v) is 4.29. The number of halogens is 2. The van der Waals surface area contributed by atoms with E-state index >= 15 is 0 Å². The predicted octanol–water partition coefficient (Wildman–Crippen LogP) is 6.60. The van der Waals surface area contributed by atoms with Gasteiger partial charge in [0.05, 0.1) is 5.38 Å². The van der Waals surface area contributed by atoms with Crippen LogP contribution in [0.4, 0.5) is 0 Å². The van der Waals surface area contributed by atoms with Crippen LogP contribution in [0.2, 0.25) is 5.02 Å². The maximum absolute atomic E-state index is 6.46. The van der Waals surface area contributed by atoms with Crippen molar-refractivity contribution in [3.8, 4) is 0 Å². The molecule has 1 rings (SSSR count). The molecule has 102 valence electrons. The summed E-state index contributed by atoms with van der Waals surface area (Å²) in [5.74, 6) is 0. The van der Waals surface area contributed by atoms with E-state index in [0.29, 0.717) is 0 Å². The highest BCUT2D eigenvalue weighted by atomic mass is 35.5. The molecular formula is C16H24Cl2. The number of unbranched alkanes of at least 4 members (excludes halogenated alkanes) is 4. The first-order valence-corrected chi connectivity index (χ1v) is 7.78. The average molecular weight is 287 g/mol. The van der Waals surface area contributed by atoms with Gasteiger partial charge in [0.15, 0.2) is 0 Å². The van der Waals surface area contributed by atoms with Crippen LogP contribution in [0.25, 0.3) is 0 Å². The Morgan fingerprint density at radius 2 is 1.61 bits per heavy atom. The number of hydrogen-bond acceptors (Lipinski definition) is 0. The second kappa shape index (κ2) is 8.07. The van der Waals surface area contributed by atoms with Crippen LogP contribution in [0.3, 0.4) is 0 Å². The molecule has 2 heteroatoms. The van der Waals surface area contributed by atoms with E-state index in [-0.39, 0.29) is 5.38 Å². The van der Waals surface area contributed by atoms with Gasteiger partial charge in [-0.15, -0.1) is 11.6 Å². The summed E-state index contributed by atoms with van der Waals surface area (Å²) in [7, 11) is 0. The standard InChI is InChI=1S/C16H24Cl2/c1-4-5-6-7-8-9-15(17)14-10-12(2)13(3)11-16(14)18/h10-11,15H,4-9H2,1-3H3. The first-order valence-electron chi connectivity index (χ1n) is 6.97. The van der Waals surface area contributed by atoms with Crippen molar-refractivity contribution in [1.29, 1.82) is 0 Å². The molecular weight excluding hydrogens is 263 g/mol. The highest BCUT2D eigenvalue weighted by molar-refractivity contribution is 6.32. The summed E-state index contributed by atoms with van der Waals surface area (Å²) in [6, 6.07) is 4.17. The van der Waals surface area contributed by atoms with Crippen LogP contribution < -0.4 is 0 Å². The lowest BCUT2D eigenvalue weighted by Crippen LogP contribution is -1.95. The van der Waals surface area contributed by atoms with Gasteiger partial charge in [-0.3, -0.25) is 0 Å². The lowest BCUT2D eigenvalue weighted by molar-refractivity contribution is 0.601. The Balaban J connectivity index is 2.51. The third-order valence-electron chi connectivity index (χ3n) is 3.51. The molecule has 1 aromatic carbocycles. The summed E-state index contributed by atoms with van der Waals surface area (Å²) in [5, 5.41) is 0.866. The summed E-state index contributed by atoms with van der Waals surface area (Å²) in [4.78, 5) is 0. The van der Waals surface area contributed by atoms with Crippen molar-refractivity contribution in [2.75, 3.05) is 0 Å². The summed E-state index contributed by atoms with van der Waals surface area (Å²) < 4.78 is 0. The van der Waals surface area contributed by atoms with Gasteiger partial charge < -0.3 is 0 Å². The Labute approximate surface area is 122 Å². The zero-order chi connectivity index (χ0) is 13.5. The van der Waals surface area contributed by atoms with E-state index in [1.54, 1.807) is 0 Å². The normalized spacial score (nSPS) is 12.7. The van der Waals surface area contributed by atoms with E-state index in [2.05, 4.69) is 26.8 Å². The van der Waals surface area contributed by atoms with Gasteiger partial charge >= 0.3 is 0 Å². The number of benzene rings is 1. The van der Waals surface area contributed by atoms with Crippen molar-refractivity contribution in [1.82, 2.24) is 0 Å². The minimum absolute atomic E-state index is 0.0541. The summed E-state index contributed by atoms with van der Waals surface area (Å²) >= 11 is 12.7. The number of alkyl halides is 1. The van der Waals surface area contributed by atoms with E-state index in [4.69, 9.17) is 23.2 Å². The number of aryl methyl sites for hydroxylation is 2. The Morgan fingerprint density at radius 1 is 1.00 bits per heavy atom. The molecule has 0 nitrogen and oxygen atoms in total. The maximum Gasteiger partial charge on any atom is 0.0600 e. The topological polar surface area (TPSA) is 0 Å². The van der Waals surface area contributed by atoms with Crippen LogP contribution in [0.15, 0.2) is 12.1 Å². The molecule has 0 saturated heterocycles. The summed E-state index contributed by atoms with van der Waals surface area (Å²) in [6.45, 7) is 6.43. The van der Waals surface area contributed by atoms with Crippen molar-refractivity contribution in [3.05, 3.63) is 33.8 Å². The fourth-order valence-electron chi connectivity index (χ4n) is 2.13. The number of rotatable bonds is 7. The molecule has 0 bridgehead atoms. The summed E-state index contributed by atoms with van der Waals surface area (Å²) in [5.41, 5.74) is 3.60. The molecule has 0 heterocycles. The minimum Gasteiger partial charge on any atom is -0.118 e. The van der Waals surface area contributed by atoms with Gasteiger partial charge in [-0.2, -0.15) is 0 Å². The highest BCUT2D eigenvalue weighted by Crippen LogP contribution is 2.33. The van der Waals surface area contributed by atoms with Crippen molar-refractivity contribution in [3.63, 3.8) is 0 Å². The zero-order valence-corrected chi connectivity index (χ0v) is 13.2. The van der Waals surface area contributed by atoms with Crippen molar-refractivity contribution >= 4 is 23.2 Å².